The van der Waals surface area contributed by atoms with E-state index in [9.17, 15) is 9.90 Å². The van der Waals surface area contributed by atoms with Crippen LogP contribution in [0.25, 0.3) is 20.5 Å². The number of carbonyl (C=O) groups is 1. The number of hydrogen-bond acceptors (Lipinski definition) is 5. The van der Waals surface area contributed by atoms with Crippen molar-refractivity contribution in [2.75, 3.05) is 13.2 Å². The fraction of sp³-hybridized carbons (Fsp3) is 0.393. The molecular weight excluding hydrogens is 432 g/mol. The van der Waals surface area contributed by atoms with Gasteiger partial charge in [0.2, 0.25) is 0 Å². The predicted octanol–water partition coefficient (Wildman–Crippen LogP) is 6.94. The molecule has 3 rings (SSSR count). The molecule has 1 unspecified atom stereocenters. The van der Waals surface area contributed by atoms with E-state index in [-0.39, 0.29) is 6.61 Å². The second kappa shape index (κ2) is 13.2. The number of aliphatic hydroxyl groups excluding tert-OH is 1. The molecule has 33 heavy (non-hydrogen) atoms. The number of carbonyl (C=O) groups excluding carboxylic acids is 1. The van der Waals surface area contributed by atoms with Crippen molar-refractivity contribution >= 4 is 27.4 Å². The zero-order chi connectivity index (χ0) is 23.5. The number of fused-ring (bicyclic) bond motifs is 1. The van der Waals surface area contributed by atoms with Crippen LogP contribution >= 0.6 is 11.3 Å². The Bertz CT molecular complexity index is 1020. The smallest absolute Gasteiger partial charge is 0.330 e. The molecule has 0 aliphatic heterocycles. The van der Waals surface area contributed by atoms with Crippen LogP contribution in [-0.4, -0.2) is 30.4 Å². The van der Waals surface area contributed by atoms with E-state index >= 15 is 0 Å². The molecule has 0 bridgehead atoms. The Labute approximate surface area is 200 Å². The Morgan fingerprint density at radius 3 is 2.67 bits per heavy atom. The van der Waals surface area contributed by atoms with Gasteiger partial charge in [0.25, 0.3) is 0 Å². The van der Waals surface area contributed by atoms with Crippen LogP contribution in [-0.2, 0) is 16.0 Å². The summed E-state index contributed by atoms with van der Waals surface area (Å²) in [6.07, 6.45) is 7.59. The van der Waals surface area contributed by atoms with Crippen LogP contribution < -0.4 is 4.74 Å². The average molecular weight is 467 g/mol. The number of benzene rings is 2. The lowest BCUT2D eigenvalue weighted by molar-refractivity contribution is -0.140. The third kappa shape index (κ3) is 8.02. The molecular formula is C28H34O4S. The van der Waals surface area contributed by atoms with E-state index in [0.29, 0.717) is 13.0 Å². The van der Waals surface area contributed by atoms with E-state index in [4.69, 9.17) is 9.47 Å². The van der Waals surface area contributed by atoms with Crippen LogP contribution in [0.1, 0.15) is 51.0 Å². The highest BCUT2D eigenvalue weighted by atomic mass is 32.1. The van der Waals surface area contributed by atoms with E-state index in [1.165, 1.54) is 45.4 Å². The average Bonchev–Trinajstić information content (AvgIpc) is 3.26. The van der Waals surface area contributed by atoms with Gasteiger partial charge in [0.05, 0.1) is 12.7 Å². The first-order chi connectivity index (χ1) is 16.1. The van der Waals surface area contributed by atoms with Crippen LogP contribution in [0, 0.1) is 0 Å². The summed E-state index contributed by atoms with van der Waals surface area (Å²) in [5, 5.41) is 11.1. The largest absolute Gasteiger partial charge is 0.494 e. The Kier molecular flexibility index (Phi) is 9.98. The molecule has 1 N–H and O–H groups in total. The minimum absolute atomic E-state index is 0.00464. The van der Waals surface area contributed by atoms with Crippen LogP contribution in [0.2, 0.25) is 0 Å². The zero-order valence-corrected chi connectivity index (χ0v) is 20.2. The number of thiophene rings is 1. The Balaban J connectivity index is 1.46. The number of aliphatic hydroxyl groups is 1. The topological polar surface area (TPSA) is 55.8 Å². The molecule has 1 atom stereocenters. The van der Waals surface area contributed by atoms with Gasteiger partial charge < -0.3 is 14.6 Å². The minimum Gasteiger partial charge on any atom is -0.494 e. The molecule has 0 aliphatic rings. The van der Waals surface area contributed by atoms with E-state index in [2.05, 4.69) is 56.0 Å². The molecule has 3 aromatic rings. The normalized spacial score (nSPS) is 11.9. The molecule has 5 heteroatoms. The summed E-state index contributed by atoms with van der Waals surface area (Å²) in [7, 11) is 0. The van der Waals surface area contributed by atoms with Crippen LogP contribution in [0.3, 0.4) is 0 Å². The first kappa shape index (κ1) is 25.0. The highest BCUT2D eigenvalue weighted by molar-refractivity contribution is 7.22. The second-order valence-corrected chi connectivity index (χ2v) is 9.38. The van der Waals surface area contributed by atoms with Gasteiger partial charge in [0.15, 0.2) is 0 Å². The van der Waals surface area contributed by atoms with Crippen LogP contribution in [0.5, 0.6) is 5.75 Å². The number of ether oxygens (including phenoxy) is 2. The van der Waals surface area contributed by atoms with Crippen molar-refractivity contribution in [3.05, 3.63) is 66.7 Å². The standard InChI is InChI=1S/C28H34O4S/c1-3-5-6-9-21-11-13-22(14-12-21)26-18-23-15-16-25(19-27(23)33-26)31-17-8-7-10-24(29)20-32-28(30)4-2/h4,11-16,18-19,24,29H,2-3,5-10,17,20H2,1H3. The van der Waals surface area contributed by atoms with Gasteiger partial charge in [0.1, 0.15) is 12.4 Å². The maximum Gasteiger partial charge on any atom is 0.330 e. The van der Waals surface area contributed by atoms with E-state index < -0.39 is 12.1 Å². The highest BCUT2D eigenvalue weighted by Crippen LogP contribution is 2.35. The van der Waals surface area contributed by atoms with Crippen molar-refractivity contribution in [1.29, 1.82) is 0 Å². The van der Waals surface area contributed by atoms with Crippen molar-refractivity contribution in [3.63, 3.8) is 0 Å². The van der Waals surface area contributed by atoms with Crippen molar-refractivity contribution in [2.45, 2.75) is 58.0 Å². The molecule has 4 nitrogen and oxygen atoms in total. The Hall–Kier alpha value is -2.63. The highest BCUT2D eigenvalue weighted by Gasteiger charge is 2.08. The molecule has 0 saturated heterocycles. The first-order valence-corrected chi connectivity index (χ1v) is 12.6. The maximum atomic E-state index is 11.0. The van der Waals surface area contributed by atoms with Crippen LogP contribution in [0.4, 0.5) is 0 Å². The fourth-order valence-corrected chi connectivity index (χ4v) is 4.75. The molecule has 0 aliphatic carbocycles. The lowest BCUT2D eigenvalue weighted by atomic mass is 10.0. The van der Waals surface area contributed by atoms with Crippen molar-refractivity contribution < 1.29 is 19.4 Å². The van der Waals surface area contributed by atoms with Crippen LogP contribution in [0.15, 0.2) is 61.2 Å². The third-order valence-corrected chi connectivity index (χ3v) is 6.73. The summed E-state index contributed by atoms with van der Waals surface area (Å²) in [5.41, 5.74) is 2.67. The molecule has 0 saturated carbocycles. The number of hydrogen-bond donors (Lipinski definition) is 1. The quantitative estimate of drug-likeness (QED) is 0.159. The molecule has 0 fully saturated rings. The molecule has 0 spiro atoms. The van der Waals surface area contributed by atoms with Gasteiger partial charge in [0, 0.05) is 15.7 Å². The SMILES string of the molecule is C=CC(=O)OCC(O)CCCCOc1ccc2cc(-c3ccc(CCCCC)cc3)sc2c1. The summed E-state index contributed by atoms with van der Waals surface area (Å²) < 4.78 is 12.0. The Morgan fingerprint density at radius 1 is 1.09 bits per heavy atom. The predicted molar refractivity (Wildman–Crippen MR) is 137 cm³/mol. The molecule has 2 aromatic carbocycles. The van der Waals surface area contributed by atoms with Gasteiger partial charge in [-0.3, -0.25) is 0 Å². The summed E-state index contributed by atoms with van der Waals surface area (Å²) >= 11 is 1.79. The minimum atomic E-state index is -0.653. The van der Waals surface area contributed by atoms with Gasteiger partial charge in [-0.2, -0.15) is 0 Å². The summed E-state index contributed by atoms with van der Waals surface area (Å²) in [4.78, 5) is 12.3. The monoisotopic (exact) mass is 466 g/mol. The van der Waals surface area contributed by atoms with Gasteiger partial charge in [-0.25, -0.2) is 4.79 Å². The van der Waals surface area contributed by atoms with Crippen molar-refractivity contribution in [2.24, 2.45) is 0 Å². The molecule has 176 valence electrons. The number of esters is 1. The first-order valence-electron chi connectivity index (χ1n) is 11.8. The molecule has 0 amide bonds. The maximum absolute atomic E-state index is 11.0. The van der Waals surface area contributed by atoms with E-state index in [1.54, 1.807) is 11.3 Å². The summed E-state index contributed by atoms with van der Waals surface area (Å²) in [6, 6.07) is 17.4. The van der Waals surface area contributed by atoms with Crippen molar-refractivity contribution in [1.82, 2.24) is 0 Å². The van der Waals surface area contributed by atoms with Gasteiger partial charge in [-0.1, -0.05) is 50.6 Å². The lowest BCUT2D eigenvalue weighted by Crippen LogP contribution is -2.17. The molecule has 1 aromatic heterocycles. The van der Waals surface area contributed by atoms with E-state index in [1.807, 2.05) is 6.07 Å². The van der Waals surface area contributed by atoms with Gasteiger partial charge >= 0.3 is 5.97 Å². The second-order valence-electron chi connectivity index (χ2n) is 8.30. The third-order valence-electron chi connectivity index (χ3n) is 5.58. The van der Waals surface area contributed by atoms with E-state index in [0.717, 1.165) is 31.1 Å². The zero-order valence-electron chi connectivity index (χ0n) is 19.4. The lowest BCUT2D eigenvalue weighted by Gasteiger charge is -2.10. The summed E-state index contributed by atoms with van der Waals surface area (Å²) in [6.45, 7) is 6.16. The fourth-order valence-electron chi connectivity index (χ4n) is 3.65. The number of aryl methyl sites for hydroxylation is 1. The summed E-state index contributed by atoms with van der Waals surface area (Å²) in [5.74, 6) is 0.353. The molecule has 1 heterocycles. The van der Waals surface area contributed by atoms with Crippen molar-refractivity contribution in [3.8, 4) is 16.2 Å². The molecule has 0 radical (unpaired) electrons. The number of rotatable bonds is 14. The number of unbranched alkanes of at least 4 members (excludes halogenated alkanes) is 3. The Morgan fingerprint density at radius 2 is 1.91 bits per heavy atom. The van der Waals surface area contributed by atoms with Gasteiger partial charge in [-0.05, 0) is 72.9 Å². The van der Waals surface area contributed by atoms with Gasteiger partial charge in [-0.15, -0.1) is 11.3 Å².